The Hall–Kier alpha value is -7.80. The molecule has 6 aromatic carbocycles. The molecule has 324 valence electrons. The Kier molecular flexibility index (Phi) is 8.49. The molecule has 0 amide bonds. The Morgan fingerprint density at radius 1 is 0.444 bits per heavy atom. The van der Waals surface area contributed by atoms with Crippen molar-refractivity contribution in [3.05, 3.63) is 123 Å². The highest BCUT2D eigenvalue weighted by Gasteiger charge is 2.61. The highest BCUT2D eigenvalue weighted by molar-refractivity contribution is 5.72. The zero-order valence-electron chi connectivity index (χ0n) is 32.1. The molecule has 0 aliphatic carbocycles. The van der Waals surface area contributed by atoms with Gasteiger partial charge in [0.25, 0.3) is 0 Å². The lowest BCUT2D eigenvalue weighted by atomic mass is 9.71. The number of hydrogen-bond donors (Lipinski definition) is 14. The summed E-state index contributed by atoms with van der Waals surface area (Å²) in [6, 6.07) is 14.8. The number of aromatic hydroxyl groups is 11. The molecule has 14 N–H and O–H groups in total. The van der Waals surface area contributed by atoms with E-state index in [-0.39, 0.29) is 73.9 Å². The van der Waals surface area contributed by atoms with Crippen LogP contribution in [0.1, 0.15) is 68.6 Å². The van der Waals surface area contributed by atoms with Gasteiger partial charge in [-0.25, -0.2) is 0 Å². The van der Waals surface area contributed by atoms with Crippen molar-refractivity contribution in [2.75, 3.05) is 0 Å². The molecule has 18 nitrogen and oxygen atoms in total. The van der Waals surface area contributed by atoms with Gasteiger partial charge in [-0.3, -0.25) is 0 Å². The second-order valence-corrected chi connectivity index (χ2v) is 15.9. The van der Waals surface area contributed by atoms with Crippen molar-refractivity contribution in [3.8, 4) is 86.2 Å². The summed E-state index contributed by atoms with van der Waals surface area (Å²) in [5, 5.41) is 155. The summed E-state index contributed by atoms with van der Waals surface area (Å²) >= 11 is 0. The first kappa shape index (κ1) is 39.3. The maximum atomic E-state index is 12.5. The van der Waals surface area contributed by atoms with Crippen LogP contribution in [0.5, 0.6) is 86.2 Å². The summed E-state index contributed by atoms with van der Waals surface area (Å²) < 4.78 is 25.6. The van der Waals surface area contributed by atoms with Crippen molar-refractivity contribution in [2.45, 2.75) is 54.6 Å². The Bertz CT molecular complexity index is 2910. The molecule has 0 fully saturated rings. The third-order valence-electron chi connectivity index (χ3n) is 12.2. The summed E-state index contributed by atoms with van der Waals surface area (Å²) in [5.41, 5.74) is -0.583. The van der Waals surface area contributed by atoms with Crippen molar-refractivity contribution in [2.24, 2.45) is 0 Å². The van der Waals surface area contributed by atoms with Crippen LogP contribution in [0.15, 0.2) is 78.9 Å². The topological polar surface area (TPSA) is 320 Å². The second kappa shape index (κ2) is 13.6. The molecular weight excluding hydrogens is 828 g/mol. The number of rotatable bonds is 4. The number of phenolic OH excluding ortho intramolecular Hbond substituents is 11. The third-order valence-corrected chi connectivity index (χ3v) is 12.2. The SMILES string of the molecule is Oc1cc(O)c2c(c1)O[C@]1(c3ccc(O)c(O)c3)Oc3cc(O)c4c(c3[C@@H]2[C@H]1O)O[C@H](c1ccc(O)c(O)c1)[C@@H](O)[C@H]4c1c(O)cc(O)c2c1O[C@H](c1ccc(O)c(O)c1)[C@H](O)C2. The van der Waals surface area contributed by atoms with Crippen LogP contribution in [0.4, 0.5) is 0 Å². The van der Waals surface area contributed by atoms with Gasteiger partial charge in [-0.15, -0.1) is 0 Å². The summed E-state index contributed by atoms with van der Waals surface area (Å²) in [5.74, 6) is -12.6. The monoisotopic (exact) mass is 864 g/mol. The van der Waals surface area contributed by atoms with Crippen LogP contribution in [-0.2, 0) is 12.2 Å². The van der Waals surface area contributed by atoms with Crippen LogP contribution in [0, 0.1) is 0 Å². The molecule has 0 unspecified atom stereocenters. The van der Waals surface area contributed by atoms with Crippen LogP contribution in [0.2, 0.25) is 0 Å². The van der Waals surface area contributed by atoms with Crippen LogP contribution in [-0.4, -0.2) is 89.8 Å². The van der Waals surface area contributed by atoms with Crippen LogP contribution in [0.25, 0.3) is 0 Å². The normalized spacial score (nSPS) is 25.2. The molecule has 4 aliphatic rings. The van der Waals surface area contributed by atoms with E-state index >= 15 is 0 Å². The van der Waals surface area contributed by atoms with Crippen LogP contribution in [0.3, 0.4) is 0 Å². The van der Waals surface area contributed by atoms with E-state index in [0.29, 0.717) is 0 Å². The van der Waals surface area contributed by atoms with E-state index in [1.54, 1.807) is 0 Å². The van der Waals surface area contributed by atoms with E-state index in [1.807, 2.05) is 0 Å². The number of phenols is 11. The quantitative estimate of drug-likeness (QED) is 0.110. The highest BCUT2D eigenvalue weighted by atomic mass is 16.7. The summed E-state index contributed by atoms with van der Waals surface area (Å²) in [7, 11) is 0. The molecule has 4 heterocycles. The summed E-state index contributed by atoms with van der Waals surface area (Å²) in [6.45, 7) is 0. The standard InChI is InChI=1S/C45H36O18/c46-18-10-27(54)33-31(11-18)62-45(17-3-6-22(49)26(53)9-17)44(59)38(33)36-32(63-45)14-29(56)35-37(39(58)41(61-43(35)36)16-2-5-21(48)25(52)8-16)34-28(55)13-23(50)19-12-30(57)40(60-42(19)34)15-1-4-20(47)24(51)7-15/h1-11,13-14,30,37-41,44,46-59H,12H2/t30-,37+,38-,39+,40-,41-,44-,45-/m1/s1. The Labute approximate surface area is 354 Å². The van der Waals surface area contributed by atoms with Gasteiger partial charge in [-0.05, 0) is 53.6 Å². The number of ether oxygens (including phenoxy) is 4. The fourth-order valence-electron chi connectivity index (χ4n) is 9.32. The zero-order valence-corrected chi connectivity index (χ0v) is 32.1. The molecule has 63 heavy (non-hydrogen) atoms. The van der Waals surface area contributed by atoms with E-state index in [9.17, 15) is 71.5 Å². The van der Waals surface area contributed by atoms with Gasteiger partial charge in [0.2, 0.25) is 0 Å². The molecule has 18 heteroatoms. The second-order valence-electron chi connectivity index (χ2n) is 15.9. The first-order valence-corrected chi connectivity index (χ1v) is 19.3. The molecule has 0 saturated heterocycles. The minimum atomic E-state index is -2.31. The molecule has 0 aromatic heterocycles. The van der Waals surface area contributed by atoms with E-state index < -0.39 is 111 Å². The Balaban J connectivity index is 1.25. The maximum absolute atomic E-state index is 12.5. The lowest BCUT2D eigenvalue weighted by Crippen LogP contribution is -2.57. The molecule has 0 saturated carbocycles. The van der Waals surface area contributed by atoms with Crippen molar-refractivity contribution in [1.29, 1.82) is 0 Å². The van der Waals surface area contributed by atoms with E-state index in [1.165, 1.54) is 18.2 Å². The minimum Gasteiger partial charge on any atom is -0.508 e. The fraction of sp³-hybridized carbons (Fsp3) is 0.200. The van der Waals surface area contributed by atoms with Crippen molar-refractivity contribution in [3.63, 3.8) is 0 Å². The first-order chi connectivity index (χ1) is 30.0. The van der Waals surface area contributed by atoms with Gasteiger partial charge in [0, 0.05) is 64.1 Å². The predicted octanol–water partition coefficient (Wildman–Crippen LogP) is 4.24. The third kappa shape index (κ3) is 5.68. The lowest BCUT2D eigenvalue weighted by molar-refractivity contribution is -0.219. The average Bonchev–Trinajstić information content (AvgIpc) is 3.22. The van der Waals surface area contributed by atoms with Gasteiger partial charge < -0.3 is 90.4 Å². The van der Waals surface area contributed by atoms with Gasteiger partial charge in [0.1, 0.15) is 70.1 Å². The van der Waals surface area contributed by atoms with E-state index in [4.69, 9.17) is 18.9 Å². The van der Waals surface area contributed by atoms with Crippen LogP contribution >= 0.6 is 0 Å². The molecule has 8 atom stereocenters. The zero-order chi connectivity index (χ0) is 44.5. The molecular formula is C45H36O18. The first-order valence-electron chi connectivity index (χ1n) is 19.3. The number of benzene rings is 6. The molecule has 4 aliphatic heterocycles. The van der Waals surface area contributed by atoms with Gasteiger partial charge in [0.05, 0.1) is 17.9 Å². The minimum absolute atomic E-state index is 0.0325. The molecule has 0 spiro atoms. The molecule has 6 aromatic rings. The number of aliphatic hydroxyl groups is 3. The van der Waals surface area contributed by atoms with Gasteiger partial charge in [-0.2, -0.15) is 0 Å². The van der Waals surface area contributed by atoms with Crippen molar-refractivity contribution < 1.29 is 90.4 Å². The van der Waals surface area contributed by atoms with Gasteiger partial charge in [-0.1, -0.05) is 12.1 Å². The van der Waals surface area contributed by atoms with Gasteiger partial charge in [0.15, 0.2) is 40.6 Å². The molecule has 0 radical (unpaired) electrons. The Morgan fingerprint density at radius 3 is 1.62 bits per heavy atom. The van der Waals surface area contributed by atoms with E-state index in [2.05, 4.69) is 0 Å². The fourth-order valence-corrected chi connectivity index (χ4v) is 9.32. The average molecular weight is 865 g/mol. The lowest BCUT2D eigenvalue weighted by Gasteiger charge is -2.51. The molecule has 10 rings (SSSR count). The van der Waals surface area contributed by atoms with Crippen molar-refractivity contribution in [1.82, 2.24) is 0 Å². The van der Waals surface area contributed by atoms with E-state index in [0.717, 1.165) is 60.7 Å². The van der Waals surface area contributed by atoms with Crippen molar-refractivity contribution >= 4 is 0 Å². The smallest absolute Gasteiger partial charge is 0.305 e. The summed E-state index contributed by atoms with van der Waals surface area (Å²) in [4.78, 5) is 0. The highest BCUT2D eigenvalue weighted by Crippen LogP contribution is 2.65. The Morgan fingerprint density at radius 2 is 0.984 bits per heavy atom. The van der Waals surface area contributed by atoms with Crippen LogP contribution < -0.4 is 18.9 Å². The number of fused-ring (bicyclic) bond motifs is 9. The molecule has 2 bridgehead atoms. The largest absolute Gasteiger partial charge is 0.508 e. The van der Waals surface area contributed by atoms with Gasteiger partial charge >= 0.3 is 5.79 Å². The predicted molar refractivity (Wildman–Crippen MR) is 212 cm³/mol. The number of hydrogen-bond acceptors (Lipinski definition) is 18. The number of aliphatic hydroxyl groups excluding tert-OH is 3. The summed E-state index contributed by atoms with van der Waals surface area (Å²) in [6.07, 6.45) is -8.29. The maximum Gasteiger partial charge on any atom is 0.305 e.